The first-order valence-electron chi connectivity index (χ1n) is 10.4. The number of anilines is 1. The molecule has 1 saturated carbocycles. The van der Waals surface area contributed by atoms with Crippen molar-refractivity contribution in [1.82, 2.24) is 14.8 Å². The van der Waals surface area contributed by atoms with Crippen molar-refractivity contribution in [3.63, 3.8) is 0 Å². The summed E-state index contributed by atoms with van der Waals surface area (Å²) in [5.41, 5.74) is 3.45. The van der Waals surface area contributed by atoms with Gasteiger partial charge in [0.1, 0.15) is 5.82 Å². The lowest BCUT2D eigenvalue weighted by molar-refractivity contribution is 0.333. The normalized spacial score (nSPS) is 18.0. The predicted octanol–water partition coefficient (Wildman–Crippen LogP) is 3.89. The van der Waals surface area contributed by atoms with Crippen LogP contribution in [0.15, 0.2) is 47.3 Å². The molecule has 0 amide bonds. The van der Waals surface area contributed by atoms with E-state index in [4.69, 9.17) is 4.98 Å². The first-order chi connectivity index (χ1) is 13.7. The third-order valence-corrected chi connectivity index (χ3v) is 6.16. The summed E-state index contributed by atoms with van der Waals surface area (Å²) in [6.07, 6.45) is 4.55. The van der Waals surface area contributed by atoms with Crippen LogP contribution >= 0.6 is 0 Å². The molecule has 0 bridgehead atoms. The van der Waals surface area contributed by atoms with Crippen LogP contribution in [-0.4, -0.2) is 27.9 Å². The lowest BCUT2D eigenvalue weighted by Gasteiger charge is -2.33. The molecule has 5 heteroatoms. The average molecular weight is 374 g/mol. The van der Waals surface area contributed by atoms with E-state index in [-0.39, 0.29) is 5.56 Å². The molecule has 5 nitrogen and oxygen atoms in total. The zero-order valence-electron chi connectivity index (χ0n) is 16.3. The van der Waals surface area contributed by atoms with E-state index in [9.17, 15) is 4.79 Å². The van der Waals surface area contributed by atoms with Gasteiger partial charge in [-0.05, 0) is 62.3 Å². The molecule has 1 saturated heterocycles. The van der Waals surface area contributed by atoms with Crippen LogP contribution in [0.25, 0.3) is 10.9 Å². The molecule has 1 aromatic carbocycles. The van der Waals surface area contributed by atoms with Crippen LogP contribution in [0.2, 0.25) is 0 Å². The van der Waals surface area contributed by atoms with Crippen LogP contribution in [0.4, 0.5) is 5.82 Å². The average Bonchev–Trinajstić information content (AvgIpc) is 3.56. The molecule has 5 rings (SSSR count). The maximum Gasteiger partial charge on any atom is 0.266 e. The summed E-state index contributed by atoms with van der Waals surface area (Å²) < 4.78 is 1.70. The summed E-state index contributed by atoms with van der Waals surface area (Å²) in [5, 5.41) is 5.85. The molecule has 0 radical (unpaired) electrons. The number of piperidine rings is 1. The fourth-order valence-corrected chi connectivity index (χ4v) is 4.28. The van der Waals surface area contributed by atoms with E-state index in [1.807, 2.05) is 12.1 Å². The fraction of sp³-hybridized carbons (Fsp3) is 0.435. The molecule has 0 unspecified atom stereocenters. The Hall–Kier alpha value is -2.69. The first kappa shape index (κ1) is 17.4. The fourth-order valence-electron chi connectivity index (χ4n) is 4.28. The van der Waals surface area contributed by atoms with Crippen LogP contribution < -0.4 is 10.5 Å². The molecule has 2 fully saturated rings. The number of fused-ring (bicyclic) bond motifs is 1. The van der Waals surface area contributed by atoms with Crippen molar-refractivity contribution in [1.29, 1.82) is 0 Å². The molecule has 1 aliphatic heterocycles. The third kappa shape index (κ3) is 3.41. The van der Waals surface area contributed by atoms with Gasteiger partial charge in [0.15, 0.2) is 0 Å². The van der Waals surface area contributed by atoms with Gasteiger partial charge in [-0.2, -0.15) is 5.10 Å². The Bertz CT molecular complexity index is 1060. The highest BCUT2D eigenvalue weighted by Gasteiger charge is 2.26. The summed E-state index contributed by atoms with van der Waals surface area (Å²) in [4.78, 5) is 19.5. The zero-order valence-corrected chi connectivity index (χ0v) is 16.3. The van der Waals surface area contributed by atoms with Crippen LogP contribution in [0.1, 0.15) is 42.9 Å². The number of hydrogen-bond acceptors (Lipinski definition) is 4. The molecule has 3 heterocycles. The lowest BCUT2D eigenvalue weighted by atomic mass is 9.96. The van der Waals surface area contributed by atoms with Crippen LogP contribution in [0.5, 0.6) is 0 Å². The summed E-state index contributed by atoms with van der Waals surface area (Å²) >= 11 is 0. The molecule has 144 valence electrons. The van der Waals surface area contributed by atoms with E-state index >= 15 is 0 Å². The second-order valence-corrected chi connectivity index (χ2v) is 8.30. The first-order valence-corrected chi connectivity index (χ1v) is 10.4. The summed E-state index contributed by atoms with van der Waals surface area (Å²) in [6, 6.07) is 14.1. The molecule has 0 spiro atoms. The van der Waals surface area contributed by atoms with Gasteiger partial charge in [-0.3, -0.25) is 4.79 Å². The molecular formula is C23H26N4O. The highest BCUT2D eigenvalue weighted by molar-refractivity contribution is 5.83. The van der Waals surface area contributed by atoms with Gasteiger partial charge in [-0.25, -0.2) is 9.67 Å². The zero-order chi connectivity index (χ0) is 19.1. The van der Waals surface area contributed by atoms with Crippen molar-refractivity contribution in [2.24, 2.45) is 5.92 Å². The van der Waals surface area contributed by atoms with Crippen molar-refractivity contribution in [2.75, 3.05) is 18.0 Å². The van der Waals surface area contributed by atoms with Gasteiger partial charge in [0.05, 0.1) is 11.2 Å². The van der Waals surface area contributed by atoms with Gasteiger partial charge in [0, 0.05) is 37.0 Å². The lowest BCUT2D eigenvalue weighted by Crippen LogP contribution is -2.37. The molecule has 0 atom stereocenters. The largest absolute Gasteiger partial charge is 0.357 e. The topological polar surface area (TPSA) is 51.0 Å². The number of aromatic nitrogens is 3. The number of pyridine rings is 1. The quantitative estimate of drug-likeness (QED) is 0.695. The Balaban J connectivity index is 1.28. The van der Waals surface area contributed by atoms with Crippen molar-refractivity contribution in [3.8, 4) is 0 Å². The number of nitrogens with zero attached hydrogens (tertiary/aromatic N) is 4. The minimum atomic E-state index is 0.0265. The standard InChI is InChI=1S/C23H26N4O/c1-16-14-22(24-21-5-3-2-4-19(16)21)26-12-10-17(11-13-26)15-27-23(28)9-8-20(25-27)18-6-7-18/h2-5,8-9,14,17-18H,6-7,10-13,15H2,1H3. The molecule has 0 N–H and O–H groups in total. The smallest absolute Gasteiger partial charge is 0.266 e. The Labute approximate surface area is 165 Å². The van der Waals surface area contributed by atoms with E-state index in [1.165, 1.54) is 23.8 Å². The summed E-state index contributed by atoms with van der Waals surface area (Å²) in [6.45, 7) is 4.85. The van der Waals surface area contributed by atoms with Gasteiger partial charge in [0.2, 0.25) is 0 Å². The van der Waals surface area contributed by atoms with Gasteiger partial charge >= 0.3 is 0 Å². The summed E-state index contributed by atoms with van der Waals surface area (Å²) in [5.74, 6) is 2.15. The Morgan fingerprint density at radius 1 is 1.04 bits per heavy atom. The molecule has 2 aliphatic rings. The third-order valence-electron chi connectivity index (χ3n) is 6.16. The highest BCUT2D eigenvalue weighted by Crippen LogP contribution is 2.38. The molecule has 1 aliphatic carbocycles. The second kappa shape index (κ2) is 7.04. The summed E-state index contributed by atoms with van der Waals surface area (Å²) in [7, 11) is 0. The number of aryl methyl sites for hydroxylation is 1. The van der Waals surface area contributed by atoms with Gasteiger partial charge in [0.25, 0.3) is 5.56 Å². The van der Waals surface area contributed by atoms with Gasteiger partial charge < -0.3 is 4.90 Å². The van der Waals surface area contributed by atoms with Crippen LogP contribution in [-0.2, 0) is 6.54 Å². The van der Waals surface area contributed by atoms with Crippen molar-refractivity contribution in [3.05, 3.63) is 64.1 Å². The molecule has 2 aromatic heterocycles. The molecular weight excluding hydrogens is 348 g/mol. The number of rotatable bonds is 4. The van der Waals surface area contributed by atoms with Crippen molar-refractivity contribution in [2.45, 2.75) is 45.1 Å². The SMILES string of the molecule is Cc1cc(N2CCC(Cn3nc(C4CC4)ccc3=O)CC2)nc2ccccc12. The minimum absolute atomic E-state index is 0.0265. The molecule has 3 aromatic rings. The van der Waals surface area contributed by atoms with E-state index in [2.05, 4.69) is 41.2 Å². The van der Waals surface area contributed by atoms with Gasteiger partial charge in [-0.1, -0.05) is 18.2 Å². The molecule has 28 heavy (non-hydrogen) atoms. The Morgan fingerprint density at radius 2 is 1.82 bits per heavy atom. The van der Waals surface area contributed by atoms with E-state index in [0.717, 1.165) is 49.5 Å². The maximum atomic E-state index is 12.2. The number of para-hydroxylation sites is 1. The highest BCUT2D eigenvalue weighted by atomic mass is 16.1. The van der Waals surface area contributed by atoms with E-state index in [1.54, 1.807) is 10.7 Å². The monoisotopic (exact) mass is 374 g/mol. The minimum Gasteiger partial charge on any atom is -0.357 e. The predicted molar refractivity (Wildman–Crippen MR) is 112 cm³/mol. The van der Waals surface area contributed by atoms with Crippen LogP contribution in [0.3, 0.4) is 0 Å². The van der Waals surface area contributed by atoms with Crippen LogP contribution in [0, 0.1) is 12.8 Å². The van der Waals surface area contributed by atoms with Crippen molar-refractivity contribution < 1.29 is 0 Å². The van der Waals surface area contributed by atoms with Gasteiger partial charge in [-0.15, -0.1) is 0 Å². The Morgan fingerprint density at radius 3 is 2.61 bits per heavy atom. The maximum absolute atomic E-state index is 12.2. The van der Waals surface area contributed by atoms with Crippen molar-refractivity contribution >= 4 is 16.7 Å². The number of benzene rings is 1. The van der Waals surface area contributed by atoms with E-state index < -0.39 is 0 Å². The van der Waals surface area contributed by atoms with E-state index in [0.29, 0.717) is 11.8 Å². The Kier molecular flexibility index (Phi) is 4.38. The second-order valence-electron chi connectivity index (χ2n) is 8.30. The number of hydrogen-bond donors (Lipinski definition) is 0.